The Labute approximate surface area is 98.1 Å². The molecule has 17 heavy (non-hydrogen) atoms. The summed E-state index contributed by atoms with van der Waals surface area (Å²) in [5.74, 6) is 1.44. The van der Waals surface area contributed by atoms with Crippen molar-refractivity contribution in [2.75, 3.05) is 19.0 Å². The summed E-state index contributed by atoms with van der Waals surface area (Å²) in [5, 5.41) is 6.68. The highest BCUT2D eigenvalue weighted by atomic mass is 16.5. The summed E-state index contributed by atoms with van der Waals surface area (Å²) in [7, 11) is 1.73. The van der Waals surface area contributed by atoms with E-state index in [1.165, 1.54) is 0 Å². The van der Waals surface area contributed by atoms with Crippen molar-refractivity contribution in [3.63, 3.8) is 0 Å². The Morgan fingerprint density at radius 2 is 2.18 bits per heavy atom. The highest BCUT2D eigenvalue weighted by Gasteiger charge is 2.16. The van der Waals surface area contributed by atoms with Crippen LogP contribution in [0.1, 0.15) is 11.4 Å². The van der Waals surface area contributed by atoms with Crippen LogP contribution in [0.2, 0.25) is 0 Å². The fourth-order valence-corrected chi connectivity index (χ4v) is 1.70. The third-order valence-electron chi connectivity index (χ3n) is 2.56. The van der Waals surface area contributed by atoms with Crippen LogP contribution >= 0.6 is 0 Å². The quantitative estimate of drug-likeness (QED) is 0.853. The molecular formula is C12H11N3O2. The van der Waals surface area contributed by atoms with E-state index < -0.39 is 0 Å². The van der Waals surface area contributed by atoms with Crippen LogP contribution in [0.5, 0.6) is 5.75 Å². The van der Waals surface area contributed by atoms with Crippen molar-refractivity contribution < 1.29 is 9.26 Å². The predicted molar refractivity (Wildman–Crippen MR) is 63.7 cm³/mol. The minimum Gasteiger partial charge on any atom is -0.488 e. The summed E-state index contributed by atoms with van der Waals surface area (Å²) in [6.45, 7) is 0.458. The van der Waals surface area contributed by atoms with E-state index in [-0.39, 0.29) is 0 Å². The van der Waals surface area contributed by atoms with Crippen molar-refractivity contribution in [3.05, 3.63) is 35.7 Å². The molecule has 2 aromatic rings. The molecule has 2 heterocycles. The number of benzene rings is 1. The molecule has 0 spiro atoms. The summed E-state index contributed by atoms with van der Waals surface area (Å²) in [6, 6.07) is 8.26. The number of hydrogen-bond donors (Lipinski definition) is 1. The number of aromatic nitrogens is 2. The highest BCUT2D eigenvalue weighted by molar-refractivity contribution is 5.83. The van der Waals surface area contributed by atoms with Gasteiger partial charge in [0.1, 0.15) is 12.4 Å². The maximum absolute atomic E-state index is 5.62. The number of nitrogens with one attached hydrogen (secondary N) is 1. The lowest BCUT2D eigenvalue weighted by Gasteiger charge is -2.15. The van der Waals surface area contributed by atoms with Gasteiger partial charge < -0.3 is 14.6 Å². The van der Waals surface area contributed by atoms with Crippen LogP contribution in [0.4, 0.5) is 6.01 Å². The Morgan fingerprint density at radius 1 is 1.29 bits per heavy atom. The molecule has 1 aliphatic rings. The molecule has 5 heteroatoms. The SMILES string of the molecule is CNc1nc(C2=Cc3ccccc3OC2)no1. The van der Waals surface area contributed by atoms with Gasteiger partial charge >= 0.3 is 6.01 Å². The molecular weight excluding hydrogens is 218 g/mol. The zero-order valence-electron chi connectivity index (χ0n) is 9.30. The van der Waals surface area contributed by atoms with Crippen LogP contribution in [0.25, 0.3) is 11.6 Å². The maximum Gasteiger partial charge on any atom is 0.321 e. The van der Waals surface area contributed by atoms with E-state index in [1.807, 2.05) is 30.3 Å². The molecule has 0 fully saturated rings. The number of hydrogen-bond acceptors (Lipinski definition) is 5. The Bertz CT molecular complexity index is 575. The second-order valence-corrected chi connectivity index (χ2v) is 3.67. The number of fused-ring (bicyclic) bond motifs is 1. The second-order valence-electron chi connectivity index (χ2n) is 3.67. The topological polar surface area (TPSA) is 60.2 Å². The summed E-state index contributed by atoms with van der Waals surface area (Å²) < 4.78 is 10.6. The third kappa shape index (κ3) is 1.75. The van der Waals surface area contributed by atoms with Gasteiger partial charge in [-0.25, -0.2) is 0 Å². The van der Waals surface area contributed by atoms with Crippen molar-refractivity contribution in [1.29, 1.82) is 0 Å². The molecule has 0 saturated carbocycles. The molecule has 0 atom stereocenters. The van der Waals surface area contributed by atoms with Crippen LogP contribution in [0.15, 0.2) is 28.8 Å². The van der Waals surface area contributed by atoms with Crippen molar-refractivity contribution in [2.24, 2.45) is 0 Å². The minimum atomic E-state index is 0.403. The highest BCUT2D eigenvalue weighted by Crippen LogP contribution is 2.29. The Kier molecular flexibility index (Phi) is 2.29. The van der Waals surface area contributed by atoms with Gasteiger partial charge in [0.25, 0.3) is 0 Å². The lowest BCUT2D eigenvalue weighted by molar-refractivity contribution is 0.363. The van der Waals surface area contributed by atoms with E-state index in [2.05, 4.69) is 15.5 Å². The molecule has 1 aliphatic heterocycles. The summed E-state index contributed by atoms with van der Waals surface area (Å²) in [5.41, 5.74) is 1.94. The third-order valence-corrected chi connectivity index (χ3v) is 2.56. The van der Waals surface area contributed by atoms with Crippen molar-refractivity contribution >= 4 is 17.7 Å². The van der Waals surface area contributed by atoms with Crippen molar-refractivity contribution in [2.45, 2.75) is 0 Å². The van der Waals surface area contributed by atoms with E-state index in [0.29, 0.717) is 18.4 Å². The first-order valence-electron chi connectivity index (χ1n) is 5.31. The Hall–Kier alpha value is -2.30. The molecule has 0 aliphatic carbocycles. The van der Waals surface area contributed by atoms with Gasteiger partial charge in [-0.1, -0.05) is 23.4 Å². The van der Waals surface area contributed by atoms with Gasteiger partial charge in [0.15, 0.2) is 0 Å². The summed E-state index contributed by atoms with van der Waals surface area (Å²) in [4.78, 5) is 4.19. The second kappa shape index (κ2) is 3.93. The molecule has 86 valence electrons. The lowest BCUT2D eigenvalue weighted by atomic mass is 10.1. The normalized spacial score (nSPS) is 13.6. The number of rotatable bonds is 2. The zero-order chi connectivity index (χ0) is 11.7. The van der Waals surface area contributed by atoms with E-state index in [1.54, 1.807) is 7.05 Å². The van der Waals surface area contributed by atoms with E-state index in [4.69, 9.17) is 9.26 Å². The largest absolute Gasteiger partial charge is 0.488 e. The van der Waals surface area contributed by atoms with Crippen LogP contribution < -0.4 is 10.1 Å². The first-order valence-corrected chi connectivity index (χ1v) is 5.31. The Morgan fingerprint density at radius 3 is 3.00 bits per heavy atom. The van der Waals surface area contributed by atoms with Crippen LogP contribution in [-0.2, 0) is 0 Å². The average molecular weight is 229 g/mol. The first kappa shape index (κ1) is 9.89. The molecule has 0 bridgehead atoms. The summed E-state index contributed by atoms with van der Waals surface area (Å²) in [6.07, 6.45) is 2.02. The van der Waals surface area contributed by atoms with Gasteiger partial charge in [-0.2, -0.15) is 4.98 Å². The fraction of sp³-hybridized carbons (Fsp3) is 0.167. The van der Waals surface area contributed by atoms with Crippen molar-refractivity contribution in [1.82, 2.24) is 10.1 Å². The van der Waals surface area contributed by atoms with E-state index in [9.17, 15) is 0 Å². The molecule has 5 nitrogen and oxygen atoms in total. The van der Waals surface area contributed by atoms with Crippen LogP contribution in [0, 0.1) is 0 Å². The Balaban J connectivity index is 1.98. The monoisotopic (exact) mass is 229 g/mol. The average Bonchev–Trinajstić information content (AvgIpc) is 2.87. The zero-order valence-corrected chi connectivity index (χ0v) is 9.30. The molecule has 1 aromatic carbocycles. The number of nitrogens with zero attached hydrogens (tertiary/aromatic N) is 2. The van der Waals surface area contributed by atoms with Crippen LogP contribution in [0.3, 0.4) is 0 Å². The maximum atomic E-state index is 5.62. The molecule has 3 rings (SSSR count). The van der Waals surface area contributed by atoms with Gasteiger partial charge in [-0.15, -0.1) is 0 Å². The fourth-order valence-electron chi connectivity index (χ4n) is 1.70. The van der Waals surface area contributed by atoms with Crippen LogP contribution in [-0.4, -0.2) is 23.8 Å². The summed E-state index contributed by atoms with van der Waals surface area (Å²) >= 11 is 0. The van der Waals surface area contributed by atoms with Gasteiger partial charge in [0.05, 0.1) is 0 Å². The molecule has 1 N–H and O–H groups in total. The number of anilines is 1. The standard InChI is InChI=1S/C12H11N3O2/c1-13-12-14-11(15-17-12)9-6-8-4-2-3-5-10(8)16-7-9/h2-6H,7H2,1H3,(H,13,14,15). The van der Waals surface area contributed by atoms with Crippen molar-refractivity contribution in [3.8, 4) is 5.75 Å². The minimum absolute atomic E-state index is 0.403. The molecule has 0 saturated heterocycles. The molecule has 1 aromatic heterocycles. The van der Waals surface area contributed by atoms with E-state index in [0.717, 1.165) is 16.9 Å². The van der Waals surface area contributed by atoms with Gasteiger partial charge in [0.2, 0.25) is 5.82 Å². The first-order chi connectivity index (χ1) is 8.36. The number of ether oxygens (including phenoxy) is 1. The smallest absolute Gasteiger partial charge is 0.321 e. The van der Waals surface area contributed by atoms with Gasteiger partial charge in [-0.05, 0) is 12.1 Å². The van der Waals surface area contributed by atoms with E-state index >= 15 is 0 Å². The lowest BCUT2D eigenvalue weighted by Crippen LogP contribution is -2.07. The molecule has 0 amide bonds. The number of para-hydroxylation sites is 1. The van der Waals surface area contributed by atoms with Gasteiger partial charge in [-0.3, -0.25) is 0 Å². The molecule has 0 radical (unpaired) electrons. The predicted octanol–water partition coefficient (Wildman–Crippen LogP) is 2.04. The molecule has 0 unspecified atom stereocenters. The van der Waals surface area contributed by atoms with Gasteiger partial charge in [0, 0.05) is 18.2 Å².